The average Bonchev–Trinajstić information content (AvgIpc) is 2.34. The van der Waals surface area contributed by atoms with E-state index in [4.69, 9.17) is 16.9 Å². The highest BCUT2D eigenvalue weighted by Crippen LogP contribution is 2.28. The lowest BCUT2D eigenvalue weighted by molar-refractivity contribution is 1.15. The van der Waals surface area contributed by atoms with Crippen molar-refractivity contribution >= 4 is 39.0 Å². The van der Waals surface area contributed by atoms with Crippen LogP contribution >= 0.6 is 27.5 Å². The molecule has 1 N–H and O–H groups in total. The monoisotopic (exact) mass is 308 g/mol. The van der Waals surface area contributed by atoms with Crippen molar-refractivity contribution in [2.24, 2.45) is 0 Å². The molecule has 0 aliphatic rings. The van der Waals surface area contributed by atoms with Crippen LogP contribution in [0.3, 0.4) is 0 Å². The molecule has 0 atom stereocenters. The lowest BCUT2D eigenvalue weighted by atomic mass is 10.2. The van der Waals surface area contributed by atoms with Crippen LogP contribution in [0.4, 0.5) is 11.5 Å². The molecule has 4 nitrogen and oxygen atoms in total. The number of hydrogen-bond donors (Lipinski definition) is 1. The van der Waals surface area contributed by atoms with Crippen LogP contribution in [0.5, 0.6) is 0 Å². The number of aromatic nitrogens is 2. The van der Waals surface area contributed by atoms with Crippen LogP contribution in [0, 0.1) is 11.3 Å². The number of hydrogen-bond acceptors (Lipinski definition) is 4. The fraction of sp³-hybridized carbons (Fsp3) is 0. The number of anilines is 2. The van der Waals surface area contributed by atoms with Gasteiger partial charge >= 0.3 is 0 Å². The molecule has 2 rings (SSSR count). The number of nitrogens with zero attached hydrogens (tertiary/aromatic N) is 3. The van der Waals surface area contributed by atoms with E-state index in [-0.39, 0.29) is 0 Å². The summed E-state index contributed by atoms with van der Waals surface area (Å²) in [5, 5.41) is 12.2. The third-order valence-electron chi connectivity index (χ3n) is 2.02. The van der Waals surface area contributed by atoms with Gasteiger partial charge in [0.05, 0.1) is 26.8 Å². The van der Waals surface area contributed by atoms with Crippen molar-refractivity contribution in [3.05, 3.63) is 45.8 Å². The lowest BCUT2D eigenvalue weighted by Crippen LogP contribution is -1.96. The quantitative estimate of drug-likeness (QED) is 0.922. The predicted octanol–water partition coefficient (Wildman–Crippen LogP) is 3.51. The van der Waals surface area contributed by atoms with E-state index in [1.165, 1.54) is 6.33 Å². The predicted molar refractivity (Wildman–Crippen MR) is 69.2 cm³/mol. The summed E-state index contributed by atoms with van der Waals surface area (Å²) >= 11 is 9.36. The zero-order valence-corrected chi connectivity index (χ0v) is 10.8. The van der Waals surface area contributed by atoms with Crippen molar-refractivity contribution in [3.8, 4) is 6.07 Å². The molecule has 0 bridgehead atoms. The standard InChI is InChI=1S/C11H6BrClN4/c12-8-5-15-6-16-11(8)17-10-2-1-7(4-14)3-9(10)13/h1-3,5-6H,(H,15,16,17). The molecule has 0 radical (unpaired) electrons. The minimum absolute atomic E-state index is 0.467. The smallest absolute Gasteiger partial charge is 0.148 e. The molecule has 0 aliphatic heterocycles. The van der Waals surface area contributed by atoms with Crippen molar-refractivity contribution in [1.82, 2.24) is 9.97 Å². The van der Waals surface area contributed by atoms with Gasteiger partial charge in [-0.05, 0) is 34.1 Å². The molecule has 0 amide bonds. The Morgan fingerprint density at radius 1 is 1.41 bits per heavy atom. The van der Waals surface area contributed by atoms with E-state index in [1.54, 1.807) is 24.4 Å². The first-order valence-corrected chi connectivity index (χ1v) is 5.80. The summed E-state index contributed by atoms with van der Waals surface area (Å²) in [5.74, 6) is 0.617. The third kappa shape index (κ3) is 2.73. The molecule has 1 heterocycles. The minimum Gasteiger partial charge on any atom is -0.338 e. The highest BCUT2D eigenvalue weighted by Gasteiger charge is 2.05. The Kier molecular flexibility index (Phi) is 3.57. The Morgan fingerprint density at radius 3 is 2.88 bits per heavy atom. The molecule has 2 aromatic rings. The topological polar surface area (TPSA) is 61.6 Å². The van der Waals surface area contributed by atoms with E-state index in [9.17, 15) is 0 Å². The van der Waals surface area contributed by atoms with Crippen LogP contribution in [0.15, 0.2) is 35.2 Å². The molecular weight excluding hydrogens is 304 g/mol. The van der Waals surface area contributed by atoms with E-state index in [0.29, 0.717) is 22.1 Å². The largest absolute Gasteiger partial charge is 0.338 e. The Bertz CT molecular complexity index is 594. The summed E-state index contributed by atoms with van der Waals surface area (Å²) in [5.41, 5.74) is 1.20. The zero-order chi connectivity index (χ0) is 12.3. The van der Waals surface area contributed by atoms with Crippen molar-refractivity contribution in [2.45, 2.75) is 0 Å². The van der Waals surface area contributed by atoms with Gasteiger partial charge in [0, 0.05) is 6.20 Å². The zero-order valence-electron chi connectivity index (χ0n) is 8.48. The van der Waals surface area contributed by atoms with Gasteiger partial charge in [0.2, 0.25) is 0 Å². The van der Waals surface area contributed by atoms with Crippen molar-refractivity contribution < 1.29 is 0 Å². The molecule has 6 heteroatoms. The van der Waals surface area contributed by atoms with E-state index < -0.39 is 0 Å². The van der Waals surface area contributed by atoms with Gasteiger partial charge in [0.15, 0.2) is 0 Å². The summed E-state index contributed by atoms with van der Waals surface area (Å²) in [6, 6.07) is 7.03. The molecule has 17 heavy (non-hydrogen) atoms. The van der Waals surface area contributed by atoms with Gasteiger partial charge in [-0.25, -0.2) is 9.97 Å². The first-order valence-electron chi connectivity index (χ1n) is 4.63. The average molecular weight is 310 g/mol. The maximum absolute atomic E-state index is 8.73. The Labute approximate surface area is 111 Å². The molecule has 1 aromatic carbocycles. The second-order valence-electron chi connectivity index (χ2n) is 3.15. The number of rotatable bonds is 2. The molecule has 0 fully saturated rings. The van der Waals surface area contributed by atoms with Crippen molar-refractivity contribution in [3.63, 3.8) is 0 Å². The van der Waals surface area contributed by atoms with Gasteiger partial charge in [0.1, 0.15) is 12.1 Å². The van der Waals surface area contributed by atoms with Crippen LogP contribution in [-0.2, 0) is 0 Å². The van der Waals surface area contributed by atoms with E-state index >= 15 is 0 Å². The second-order valence-corrected chi connectivity index (χ2v) is 4.41. The van der Waals surface area contributed by atoms with Gasteiger partial charge in [-0.2, -0.15) is 5.26 Å². The van der Waals surface area contributed by atoms with E-state index in [0.717, 1.165) is 4.47 Å². The summed E-state index contributed by atoms with van der Waals surface area (Å²) in [6.07, 6.45) is 3.07. The fourth-order valence-electron chi connectivity index (χ4n) is 1.22. The maximum Gasteiger partial charge on any atom is 0.148 e. The molecule has 0 aliphatic carbocycles. The summed E-state index contributed by atoms with van der Waals surface area (Å²) in [6.45, 7) is 0. The van der Waals surface area contributed by atoms with Crippen LogP contribution < -0.4 is 5.32 Å². The van der Waals surface area contributed by atoms with Gasteiger partial charge in [-0.1, -0.05) is 11.6 Å². The molecule has 0 saturated carbocycles. The lowest BCUT2D eigenvalue weighted by Gasteiger charge is -2.08. The molecule has 0 unspecified atom stereocenters. The highest BCUT2D eigenvalue weighted by molar-refractivity contribution is 9.10. The van der Waals surface area contributed by atoms with Crippen LogP contribution in [0.1, 0.15) is 5.56 Å². The van der Waals surface area contributed by atoms with Gasteiger partial charge < -0.3 is 5.32 Å². The van der Waals surface area contributed by atoms with Gasteiger partial charge in [-0.15, -0.1) is 0 Å². The highest BCUT2D eigenvalue weighted by atomic mass is 79.9. The number of halogens is 2. The van der Waals surface area contributed by atoms with Gasteiger partial charge in [0.25, 0.3) is 0 Å². The summed E-state index contributed by atoms with van der Waals surface area (Å²) in [7, 11) is 0. The molecule has 0 spiro atoms. The summed E-state index contributed by atoms with van der Waals surface area (Å²) < 4.78 is 0.737. The minimum atomic E-state index is 0.467. The van der Waals surface area contributed by atoms with Crippen LogP contribution in [0.2, 0.25) is 5.02 Å². The SMILES string of the molecule is N#Cc1ccc(Nc2ncncc2Br)c(Cl)c1. The normalized spacial score (nSPS) is 9.71. The molecule has 1 aromatic heterocycles. The Balaban J connectivity index is 2.32. The van der Waals surface area contributed by atoms with Gasteiger partial charge in [-0.3, -0.25) is 0 Å². The molecule has 84 valence electrons. The maximum atomic E-state index is 8.73. The first-order chi connectivity index (χ1) is 8.20. The first kappa shape index (κ1) is 11.8. The number of nitrogens with one attached hydrogen (secondary N) is 1. The fourth-order valence-corrected chi connectivity index (χ4v) is 1.77. The van der Waals surface area contributed by atoms with Crippen LogP contribution in [0.25, 0.3) is 0 Å². The molecule has 0 saturated heterocycles. The summed E-state index contributed by atoms with van der Waals surface area (Å²) in [4.78, 5) is 7.93. The van der Waals surface area contributed by atoms with Crippen molar-refractivity contribution in [2.75, 3.05) is 5.32 Å². The number of nitriles is 1. The van der Waals surface area contributed by atoms with E-state index in [1.807, 2.05) is 6.07 Å². The van der Waals surface area contributed by atoms with E-state index in [2.05, 4.69) is 31.2 Å². The third-order valence-corrected chi connectivity index (χ3v) is 2.91. The second kappa shape index (κ2) is 5.13. The van der Waals surface area contributed by atoms with Crippen LogP contribution in [-0.4, -0.2) is 9.97 Å². The van der Waals surface area contributed by atoms with Crippen molar-refractivity contribution in [1.29, 1.82) is 5.26 Å². The number of benzene rings is 1. The Morgan fingerprint density at radius 2 is 2.24 bits per heavy atom. The molecular formula is C11H6BrClN4. The Hall–Kier alpha value is -1.64.